The van der Waals surface area contributed by atoms with Gasteiger partial charge >= 0.3 is 0 Å². The molecule has 1 aromatic carbocycles. The van der Waals surface area contributed by atoms with Crippen molar-refractivity contribution in [1.29, 1.82) is 0 Å². The van der Waals surface area contributed by atoms with Gasteiger partial charge in [-0.2, -0.15) is 0 Å². The van der Waals surface area contributed by atoms with Crippen LogP contribution in [0.1, 0.15) is 0 Å². The number of rotatable bonds is 2. The van der Waals surface area contributed by atoms with Crippen molar-refractivity contribution in [2.45, 2.75) is 0 Å². The Morgan fingerprint density at radius 3 is 2.42 bits per heavy atom. The summed E-state index contributed by atoms with van der Waals surface area (Å²) in [6.07, 6.45) is 0. The van der Waals surface area contributed by atoms with E-state index in [0.717, 1.165) is 4.47 Å². The molecule has 0 amide bonds. The van der Waals surface area contributed by atoms with E-state index in [1.165, 1.54) is 0 Å². The molecule has 0 fully saturated rings. The number of nitrogen functional groups attached to an aromatic ring is 1. The number of benzene rings is 1. The van der Waals surface area contributed by atoms with Gasteiger partial charge in [0, 0.05) is 10.5 Å². The van der Waals surface area contributed by atoms with Crippen molar-refractivity contribution < 1.29 is 9.47 Å². The fraction of sp³-hybridized carbons (Fsp3) is 0.250. The lowest BCUT2D eigenvalue weighted by atomic mass is 10.3. The second-order valence-corrected chi connectivity index (χ2v) is 3.08. The summed E-state index contributed by atoms with van der Waals surface area (Å²) in [6, 6.07) is 3.53. The zero-order valence-electron chi connectivity index (χ0n) is 6.93. The van der Waals surface area contributed by atoms with Gasteiger partial charge in [0.05, 0.1) is 19.9 Å². The first-order chi connectivity index (χ1) is 5.69. The Kier molecular flexibility index (Phi) is 2.81. The molecule has 0 saturated heterocycles. The lowest BCUT2D eigenvalue weighted by molar-refractivity contribution is 0.395. The summed E-state index contributed by atoms with van der Waals surface area (Å²) in [6.45, 7) is 0. The third kappa shape index (κ3) is 1.64. The van der Waals surface area contributed by atoms with E-state index in [2.05, 4.69) is 15.9 Å². The summed E-state index contributed by atoms with van der Waals surface area (Å²) in [5.41, 5.74) is 6.27. The highest BCUT2D eigenvalue weighted by atomic mass is 79.9. The van der Waals surface area contributed by atoms with E-state index in [-0.39, 0.29) is 0 Å². The Morgan fingerprint density at radius 1 is 1.25 bits per heavy atom. The Hall–Kier alpha value is -0.900. The molecule has 0 saturated carbocycles. The van der Waals surface area contributed by atoms with Crippen LogP contribution in [0.4, 0.5) is 5.69 Å². The van der Waals surface area contributed by atoms with Crippen molar-refractivity contribution in [1.82, 2.24) is 0 Å². The summed E-state index contributed by atoms with van der Waals surface area (Å²) in [5, 5.41) is 0. The Bertz CT molecular complexity index is 289. The van der Waals surface area contributed by atoms with Crippen LogP contribution in [-0.2, 0) is 0 Å². The minimum atomic E-state index is 0.582. The maximum absolute atomic E-state index is 5.69. The standard InChI is InChI=1S/C8H10BrNO2/c1-11-5-3-6(9)8(10)7(4-5)12-2/h3-4H,10H2,1-2H3. The van der Waals surface area contributed by atoms with Crippen LogP contribution < -0.4 is 15.2 Å². The molecule has 0 atom stereocenters. The van der Waals surface area contributed by atoms with Gasteiger partial charge in [-0.25, -0.2) is 0 Å². The lowest BCUT2D eigenvalue weighted by Crippen LogP contribution is -1.94. The summed E-state index contributed by atoms with van der Waals surface area (Å²) in [4.78, 5) is 0. The third-order valence-corrected chi connectivity index (χ3v) is 2.18. The Morgan fingerprint density at radius 2 is 1.92 bits per heavy atom. The number of hydrogen-bond acceptors (Lipinski definition) is 3. The topological polar surface area (TPSA) is 44.5 Å². The van der Waals surface area contributed by atoms with E-state index in [4.69, 9.17) is 15.2 Å². The highest BCUT2D eigenvalue weighted by molar-refractivity contribution is 9.10. The third-order valence-electron chi connectivity index (χ3n) is 1.52. The van der Waals surface area contributed by atoms with Crippen LogP contribution in [0.25, 0.3) is 0 Å². The number of ether oxygens (including phenoxy) is 2. The fourth-order valence-electron chi connectivity index (χ4n) is 0.856. The molecular weight excluding hydrogens is 222 g/mol. The molecule has 2 N–H and O–H groups in total. The zero-order valence-corrected chi connectivity index (χ0v) is 8.51. The smallest absolute Gasteiger partial charge is 0.146 e. The van der Waals surface area contributed by atoms with E-state index in [1.807, 2.05) is 0 Å². The van der Waals surface area contributed by atoms with Gasteiger partial charge < -0.3 is 15.2 Å². The van der Waals surface area contributed by atoms with Crippen LogP contribution in [0, 0.1) is 0 Å². The van der Waals surface area contributed by atoms with Gasteiger partial charge in [-0.05, 0) is 22.0 Å². The number of methoxy groups -OCH3 is 2. The average molecular weight is 232 g/mol. The highest BCUT2D eigenvalue weighted by Gasteiger charge is 2.05. The van der Waals surface area contributed by atoms with Crippen molar-refractivity contribution in [2.75, 3.05) is 20.0 Å². The largest absolute Gasteiger partial charge is 0.497 e. The van der Waals surface area contributed by atoms with Crippen molar-refractivity contribution in [3.05, 3.63) is 16.6 Å². The second-order valence-electron chi connectivity index (χ2n) is 2.23. The first-order valence-corrected chi connectivity index (χ1v) is 4.15. The van der Waals surface area contributed by atoms with Crippen LogP contribution >= 0.6 is 15.9 Å². The van der Waals surface area contributed by atoms with E-state index in [0.29, 0.717) is 17.2 Å². The van der Waals surface area contributed by atoms with Crippen molar-refractivity contribution in [2.24, 2.45) is 0 Å². The molecule has 0 bridgehead atoms. The predicted octanol–water partition coefficient (Wildman–Crippen LogP) is 2.05. The monoisotopic (exact) mass is 231 g/mol. The molecule has 66 valence electrons. The van der Waals surface area contributed by atoms with Crippen molar-refractivity contribution in [3.63, 3.8) is 0 Å². The molecular formula is C8H10BrNO2. The molecule has 0 aliphatic rings. The first kappa shape index (κ1) is 9.19. The SMILES string of the molecule is COc1cc(Br)c(N)c(OC)c1. The van der Waals surface area contributed by atoms with Gasteiger partial charge in [-0.15, -0.1) is 0 Å². The molecule has 0 aromatic heterocycles. The maximum atomic E-state index is 5.69. The van der Waals surface area contributed by atoms with Crippen molar-refractivity contribution >= 4 is 21.6 Å². The van der Waals surface area contributed by atoms with Crippen LogP contribution in [0.15, 0.2) is 16.6 Å². The molecule has 0 unspecified atom stereocenters. The summed E-state index contributed by atoms with van der Waals surface area (Å²) in [7, 11) is 3.16. The summed E-state index contributed by atoms with van der Waals surface area (Å²) < 4.78 is 10.8. The number of halogens is 1. The minimum Gasteiger partial charge on any atom is -0.497 e. The fourth-order valence-corrected chi connectivity index (χ4v) is 1.28. The first-order valence-electron chi connectivity index (χ1n) is 3.36. The van der Waals surface area contributed by atoms with Gasteiger partial charge in [0.2, 0.25) is 0 Å². The molecule has 0 aliphatic carbocycles. The van der Waals surface area contributed by atoms with Gasteiger partial charge in [0.1, 0.15) is 11.5 Å². The maximum Gasteiger partial charge on any atom is 0.146 e. The summed E-state index contributed by atoms with van der Waals surface area (Å²) in [5.74, 6) is 1.33. The van der Waals surface area contributed by atoms with Gasteiger partial charge in [0.25, 0.3) is 0 Å². The molecule has 1 rings (SSSR count). The van der Waals surface area contributed by atoms with E-state index in [1.54, 1.807) is 26.4 Å². The van der Waals surface area contributed by atoms with Crippen LogP contribution in [0.2, 0.25) is 0 Å². The molecule has 0 heterocycles. The van der Waals surface area contributed by atoms with E-state index in [9.17, 15) is 0 Å². The summed E-state index contributed by atoms with van der Waals surface area (Å²) >= 11 is 3.29. The molecule has 4 heteroatoms. The van der Waals surface area contributed by atoms with Gasteiger partial charge in [-0.1, -0.05) is 0 Å². The Balaban J connectivity index is 3.19. The molecule has 12 heavy (non-hydrogen) atoms. The normalized spacial score (nSPS) is 9.58. The van der Waals surface area contributed by atoms with Gasteiger partial charge in [0.15, 0.2) is 0 Å². The minimum absolute atomic E-state index is 0.582. The number of nitrogens with two attached hydrogens (primary N) is 1. The molecule has 1 aromatic rings. The zero-order chi connectivity index (χ0) is 9.14. The quantitative estimate of drug-likeness (QED) is 0.793. The van der Waals surface area contributed by atoms with E-state index < -0.39 is 0 Å². The van der Waals surface area contributed by atoms with Gasteiger partial charge in [-0.3, -0.25) is 0 Å². The van der Waals surface area contributed by atoms with E-state index >= 15 is 0 Å². The molecule has 0 radical (unpaired) electrons. The second kappa shape index (κ2) is 3.67. The van der Waals surface area contributed by atoms with Crippen LogP contribution in [-0.4, -0.2) is 14.2 Å². The molecule has 0 aliphatic heterocycles. The number of hydrogen-bond donors (Lipinski definition) is 1. The predicted molar refractivity (Wildman–Crippen MR) is 51.7 cm³/mol. The highest BCUT2D eigenvalue weighted by Crippen LogP contribution is 2.34. The average Bonchev–Trinajstić information content (AvgIpc) is 2.09. The Labute approximate surface area is 79.6 Å². The lowest BCUT2D eigenvalue weighted by Gasteiger charge is -2.08. The van der Waals surface area contributed by atoms with Crippen molar-refractivity contribution in [3.8, 4) is 11.5 Å². The van der Waals surface area contributed by atoms with Crippen LogP contribution in [0.5, 0.6) is 11.5 Å². The molecule has 3 nitrogen and oxygen atoms in total. The molecule has 0 spiro atoms. The van der Waals surface area contributed by atoms with Crippen LogP contribution in [0.3, 0.4) is 0 Å². The number of anilines is 1.